The monoisotopic (exact) mass is 510 g/mol. The SMILES string of the molecule is CN(CCCCN1CCN(c2ccc3c(c2)CN(C2CCC(=O)NC2=O)C3=O)CC1)C(=O)C1CCCN1. The van der Waals surface area contributed by atoms with E-state index in [1.807, 2.05) is 24.1 Å². The summed E-state index contributed by atoms with van der Waals surface area (Å²) in [5.41, 5.74) is 2.71. The molecule has 5 rings (SSSR count). The fourth-order valence-corrected chi connectivity index (χ4v) is 5.94. The number of anilines is 1. The number of hydrogen-bond acceptors (Lipinski definition) is 7. The molecule has 0 saturated carbocycles. The van der Waals surface area contributed by atoms with E-state index in [-0.39, 0.29) is 36.1 Å². The molecule has 1 aromatic rings. The first-order valence-corrected chi connectivity index (χ1v) is 13.6. The molecule has 200 valence electrons. The van der Waals surface area contributed by atoms with Crippen LogP contribution in [-0.2, 0) is 20.9 Å². The highest BCUT2D eigenvalue weighted by atomic mass is 16.2. The normalized spacial score (nSPS) is 24.4. The van der Waals surface area contributed by atoms with Crippen molar-refractivity contribution >= 4 is 29.3 Å². The highest BCUT2D eigenvalue weighted by molar-refractivity contribution is 6.05. The Morgan fingerprint density at radius 1 is 1.08 bits per heavy atom. The molecular weight excluding hydrogens is 472 g/mol. The molecule has 3 saturated heterocycles. The van der Waals surface area contributed by atoms with E-state index in [1.165, 1.54) is 0 Å². The van der Waals surface area contributed by atoms with Gasteiger partial charge in [0.1, 0.15) is 6.04 Å². The summed E-state index contributed by atoms with van der Waals surface area (Å²) in [6.07, 6.45) is 4.76. The van der Waals surface area contributed by atoms with Gasteiger partial charge in [0.05, 0.1) is 6.04 Å². The van der Waals surface area contributed by atoms with Gasteiger partial charge in [-0.05, 0) is 69.0 Å². The van der Waals surface area contributed by atoms with Gasteiger partial charge in [0.2, 0.25) is 17.7 Å². The zero-order valence-corrected chi connectivity index (χ0v) is 21.7. The molecule has 37 heavy (non-hydrogen) atoms. The lowest BCUT2D eigenvalue weighted by molar-refractivity contribution is -0.137. The number of amides is 4. The molecule has 0 radical (unpaired) electrons. The van der Waals surface area contributed by atoms with E-state index >= 15 is 0 Å². The number of unbranched alkanes of at least 4 members (excludes halogenated alkanes) is 1. The Hall–Kier alpha value is -2.98. The Bertz CT molecular complexity index is 1050. The molecule has 2 unspecified atom stereocenters. The van der Waals surface area contributed by atoms with Gasteiger partial charge in [-0.1, -0.05) is 0 Å². The fraction of sp³-hybridized carbons (Fsp3) is 0.630. The maximum absolute atomic E-state index is 12.9. The number of piperidine rings is 1. The Balaban J connectivity index is 1.06. The molecule has 10 heteroatoms. The van der Waals surface area contributed by atoms with Crippen molar-refractivity contribution < 1.29 is 19.2 Å². The number of carbonyl (C=O) groups excluding carboxylic acids is 4. The van der Waals surface area contributed by atoms with Crippen molar-refractivity contribution in [2.24, 2.45) is 0 Å². The zero-order valence-electron chi connectivity index (χ0n) is 21.7. The quantitative estimate of drug-likeness (QED) is 0.389. The highest BCUT2D eigenvalue weighted by Crippen LogP contribution is 2.31. The van der Waals surface area contributed by atoms with Crippen LogP contribution in [0.5, 0.6) is 0 Å². The minimum Gasteiger partial charge on any atom is -0.369 e. The number of imide groups is 1. The van der Waals surface area contributed by atoms with E-state index in [1.54, 1.807) is 4.90 Å². The Labute approximate surface area is 218 Å². The van der Waals surface area contributed by atoms with Gasteiger partial charge in [-0.25, -0.2) is 0 Å². The van der Waals surface area contributed by atoms with E-state index in [0.29, 0.717) is 18.5 Å². The van der Waals surface area contributed by atoms with Crippen molar-refractivity contribution in [1.82, 2.24) is 25.3 Å². The summed E-state index contributed by atoms with van der Waals surface area (Å²) in [6, 6.07) is 5.40. The lowest BCUT2D eigenvalue weighted by Gasteiger charge is -2.36. The predicted molar refractivity (Wildman–Crippen MR) is 139 cm³/mol. The lowest BCUT2D eigenvalue weighted by atomic mass is 10.0. The summed E-state index contributed by atoms with van der Waals surface area (Å²) >= 11 is 0. The van der Waals surface area contributed by atoms with Crippen LogP contribution >= 0.6 is 0 Å². The van der Waals surface area contributed by atoms with Crippen LogP contribution < -0.4 is 15.5 Å². The van der Waals surface area contributed by atoms with Crippen molar-refractivity contribution in [3.63, 3.8) is 0 Å². The van der Waals surface area contributed by atoms with E-state index in [4.69, 9.17) is 0 Å². The van der Waals surface area contributed by atoms with Crippen LogP contribution in [0.3, 0.4) is 0 Å². The van der Waals surface area contributed by atoms with Gasteiger partial charge >= 0.3 is 0 Å². The Morgan fingerprint density at radius 2 is 1.89 bits per heavy atom. The third-order valence-electron chi connectivity index (χ3n) is 8.20. The average Bonchev–Trinajstić information content (AvgIpc) is 3.55. The molecule has 0 bridgehead atoms. The predicted octanol–water partition coefficient (Wildman–Crippen LogP) is 0.560. The fourth-order valence-electron chi connectivity index (χ4n) is 5.94. The van der Waals surface area contributed by atoms with Crippen molar-refractivity contribution in [3.05, 3.63) is 29.3 Å². The van der Waals surface area contributed by atoms with E-state index < -0.39 is 6.04 Å². The Morgan fingerprint density at radius 3 is 2.62 bits per heavy atom. The van der Waals surface area contributed by atoms with Gasteiger partial charge in [0, 0.05) is 64.0 Å². The molecule has 4 aliphatic rings. The summed E-state index contributed by atoms with van der Waals surface area (Å²) in [4.78, 5) is 57.5. The number of likely N-dealkylation sites (N-methyl/N-ethyl adjacent to an activating group) is 1. The summed E-state index contributed by atoms with van der Waals surface area (Å²) in [5, 5.41) is 5.64. The number of benzene rings is 1. The second kappa shape index (κ2) is 11.2. The standard InChI is InChI=1S/C27H38N6O4/c1-30(27(37)22-5-4-10-28-22)11-2-3-12-31-13-15-32(16-14-31)20-6-7-21-19(17-20)18-33(26(21)36)23-8-9-24(34)29-25(23)35/h6-7,17,22-23,28H,2-5,8-16,18H2,1H3,(H,29,34,35). The summed E-state index contributed by atoms with van der Waals surface area (Å²) in [6.45, 7) is 7.02. The molecule has 4 heterocycles. The smallest absolute Gasteiger partial charge is 0.255 e. The maximum Gasteiger partial charge on any atom is 0.255 e. The van der Waals surface area contributed by atoms with Gasteiger partial charge in [-0.2, -0.15) is 0 Å². The molecule has 1 aromatic carbocycles. The third-order valence-corrected chi connectivity index (χ3v) is 8.20. The van der Waals surface area contributed by atoms with Crippen LogP contribution in [0.15, 0.2) is 18.2 Å². The van der Waals surface area contributed by atoms with Crippen molar-refractivity contribution in [1.29, 1.82) is 0 Å². The molecule has 4 aliphatic heterocycles. The zero-order chi connectivity index (χ0) is 25.9. The van der Waals surface area contributed by atoms with Gasteiger partial charge in [-0.3, -0.25) is 29.4 Å². The maximum atomic E-state index is 12.9. The van der Waals surface area contributed by atoms with Gasteiger partial charge in [0.15, 0.2) is 0 Å². The van der Waals surface area contributed by atoms with Crippen molar-refractivity contribution in [3.8, 4) is 0 Å². The van der Waals surface area contributed by atoms with Crippen LogP contribution in [0, 0.1) is 0 Å². The lowest BCUT2D eigenvalue weighted by Crippen LogP contribution is -2.52. The van der Waals surface area contributed by atoms with E-state index in [2.05, 4.69) is 26.5 Å². The molecule has 4 amide bonds. The Kier molecular flexibility index (Phi) is 7.76. The summed E-state index contributed by atoms with van der Waals surface area (Å²) in [7, 11) is 1.91. The van der Waals surface area contributed by atoms with E-state index in [0.717, 1.165) is 82.7 Å². The second-order valence-corrected chi connectivity index (χ2v) is 10.7. The minimum absolute atomic E-state index is 0.0101. The number of fused-ring (bicyclic) bond motifs is 1. The first-order valence-electron chi connectivity index (χ1n) is 13.6. The van der Waals surface area contributed by atoms with Gasteiger partial charge in [0.25, 0.3) is 5.91 Å². The molecule has 2 N–H and O–H groups in total. The number of rotatable bonds is 8. The minimum atomic E-state index is -0.582. The summed E-state index contributed by atoms with van der Waals surface area (Å²) in [5.74, 6) is -0.556. The summed E-state index contributed by atoms with van der Waals surface area (Å²) < 4.78 is 0. The second-order valence-electron chi connectivity index (χ2n) is 10.7. The molecule has 0 aliphatic carbocycles. The van der Waals surface area contributed by atoms with Crippen LogP contribution in [0.4, 0.5) is 5.69 Å². The first kappa shape index (κ1) is 25.7. The van der Waals surface area contributed by atoms with Crippen LogP contribution in [0.1, 0.15) is 54.4 Å². The molecule has 3 fully saturated rings. The third kappa shape index (κ3) is 5.65. The van der Waals surface area contributed by atoms with E-state index in [9.17, 15) is 19.2 Å². The first-order chi connectivity index (χ1) is 17.9. The molecule has 0 spiro atoms. The van der Waals surface area contributed by atoms with Crippen molar-refractivity contribution in [2.75, 3.05) is 57.8 Å². The molecule has 10 nitrogen and oxygen atoms in total. The van der Waals surface area contributed by atoms with Crippen LogP contribution in [0.25, 0.3) is 0 Å². The van der Waals surface area contributed by atoms with Crippen LogP contribution in [-0.4, -0.2) is 103 Å². The largest absolute Gasteiger partial charge is 0.369 e. The number of piperazine rings is 1. The topological polar surface area (TPSA) is 105 Å². The number of hydrogen-bond donors (Lipinski definition) is 2. The molecular formula is C27H38N6O4. The average molecular weight is 511 g/mol. The van der Waals surface area contributed by atoms with Gasteiger partial charge < -0.3 is 20.0 Å². The van der Waals surface area contributed by atoms with Gasteiger partial charge in [-0.15, -0.1) is 0 Å². The number of nitrogens with one attached hydrogen (secondary N) is 2. The highest BCUT2D eigenvalue weighted by Gasteiger charge is 2.39. The van der Waals surface area contributed by atoms with Crippen molar-refractivity contribution in [2.45, 2.75) is 57.2 Å². The molecule has 2 atom stereocenters. The molecule has 0 aromatic heterocycles. The van der Waals surface area contributed by atoms with Crippen LogP contribution in [0.2, 0.25) is 0 Å². The number of nitrogens with zero attached hydrogens (tertiary/aromatic N) is 4. The number of carbonyl (C=O) groups is 4.